The van der Waals surface area contributed by atoms with Crippen molar-refractivity contribution in [3.8, 4) is 11.5 Å². The Morgan fingerprint density at radius 1 is 0.694 bits per heavy atom. The average molecular weight is 499 g/mol. The summed E-state index contributed by atoms with van der Waals surface area (Å²) >= 11 is 0. The van der Waals surface area contributed by atoms with Gasteiger partial charge in [-0.1, -0.05) is 30.3 Å². The fraction of sp³-hybridized carbons (Fsp3) is 0.258. The van der Waals surface area contributed by atoms with Crippen molar-refractivity contribution in [2.45, 2.75) is 40.8 Å². The lowest BCUT2D eigenvalue weighted by Gasteiger charge is -2.25. The highest BCUT2D eigenvalue weighted by Gasteiger charge is 2.23. The second-order valence-electron chi connectivity index (χ2n) is 9.11. The van der Waals surface area contributed by atoms with Crippen LogP contribution in [0.1, 0.15) is 33.5 Å². The maximum Gasteiger partial charge on any atom is 0.124 e. The third-order valence-corrected chi connectivity index (χ3v) is 8.86. The van der Waals surface area contributed by atoms with Gasteiger partial charge in [-0.2, -0.15) is 0 Å². The zero-order valence-electron chi connectivity index (χ0n) is 22.1. The monoisotopic (exact) mass is 498 g/mol. The third kappa shape index (κ3) is 5.61. The van der Waals surface area contributed by atoms with E-state index in [4.69, 9.17) is 9.47 Å². The zero-order valence-corrected chi connectivity index (χ0v) is 22.9. The first kappa shape index (κ1) is 25.9. The van der Waals surface area contributed by atoms with Crippen LogP contribution in [0.3, 0.4) is 0 Å². The number of aryl methyl sites for hydroxylation is 4. The van der Waals surface area contributed by atoms with Crippen LogP contribution in [0.4, 0.5) is 0 Å². The number of ether oxygens (including phenoxy) is 2. The molecule has 3 aromatic carbocycles. The second-order valence-corrected chi connectivity index (χ2v) is 11.3. The number of benzene rings is 3. The molecule has 0 saturated carbocycles. The van der Waals surface area contributed by atoms with Crippen molar-refractivity contribution in [2.24, 2.45) is 0 Å². The van der Waals surface area contributed by atoms with E-state index in [0.717, 1.165) is 52.5 Å². The van der Waals surface area contributed by atoms with Gasteiger partial charge < -0.3 is 14.8 Å². The largest absolute Gasteiger partial charge is 0.496 e. The van der Waals surface area contributed by atoms with Crippen LogP contribution >= 0.6 is 7.92 Å². The number of nitrogens with one attached hydrogen (secondary N) is 1. The van der Waals surface area contributed by atoms with Gasteiger partial charge in [-0.3, -0.25) is 4.98 Å². The standard InChI is InChI=1S/C31H35N2O2P/c1-21-15-27(16-22(2)30(21)34-5)36(28-17-23(3)31(35-6)24(4)18-28)29-13-8-7-11-25(29)19-32-20-26-12-9-10-14-33-26/h7-18,32H,19-20H2,1-6H3. The van der Waals surface area contributed by atoms with Gasteiger partial charge in [0.25, 0.3) is 0 Å². The zero-order chi connectivity index (χ0) is 25.7. The molecule has 4 aromatic rings. The predicted octanol–water partition coefficient (Wildman–Crippen LogP) is 5.38. The molecule has 0 aliphatic carbocycles. The van der Waals surface area contributed by atoms with Gasteiger partial charge in [-0.05, 0) is 116 Å². The summed E-state index contributed by atoms with van der Waals surface area (Å²) < 4.78 is 11.4. The number of methoxy groups -OCH3 is 2. The number of hydrogen-bond acceptors (Lipinski definition) is 4. The normalized spacial score (nSPS) is 11.1. The van der Waals surface area contributed by atoms with Crippen LogP contribution in [0, 0.1) is 27.7 Å². The molecule has 0 aliphatic rings. The lowest BCUT2D eigenvalue weighted by atomic mass is 10.1. The van der Waals surface area contributed by atoms with Gasteiger partial charge in [-0.25, -0.2) is 0 Å². The first-order chi connectivity index (χ1) is 17.4. The molecule has 1 aromatic heterocycles. The smallest absolute Gasteiger partial charge is 0.124 e. The fourth-order valence-corrected chi connectivity index (χ4v) is 7.71. The number of nitrogens with zero attached hydrogens (tertiary/aromatic N) is 1. The maximum atomic E-state index is 5.68. The van der Waals surface area contributed by atoms with Gasteiger partial charge in [0.05, 0.1) is 19.9 Å². The van der Waals surface area contributed by atoms with E-state index in [0.29, 0.717) is 0 Å². The van der Waals surface area contributed by atoms with Gasteiger partial charge in [-0.15, -0.1) is 0 Å². The Labute approximate surface area is 216 Å². The third-order valence-electron chi connectivity index (χ3n) is 6.40. The second kappa shape index (κ2) is 11.7. The number of rotatable bonds is 9. The van der Waals surface area contributed by atoms with Crippen LogP contribution in [0.25, 0.3) is 0 Å². The topological polar surface area (TPSA) is 43.4 Å². The van der Waals surface area contributed by atoms with Gasteiger partial charge in [0.15, 0.2) is 0 Å². The Morgan fingerprint density at radius 2 is 1.22 bits per heavy atom. The summed E-state index contributed by atoms with van der Waals surface area (Å²) in [5.74, 6) is 1.92. The lowest BCUT2D eigenvalue weighted by Crippen LogP contribution is -2.27. The van der Waals surface area contributed by atoms with Gasteiger partial charge in [0, 0.05) is 19.3 Å². The Bertz CT molecular complexity index is 1230. The molecule has 5 heteroatoms. The molecule has 0 unspecified atom stereocenters. The number of aromatic nitrogens is 1. The van der Waals surface area contributed by atoms with E-state index in [1.165, 1.54) is 21.5 Å². The summed E-state index contributed by atoms with van der Waals surface area (Å²) in [6.45, 7) is 10.0. The van der Waals surface area contributed by atoms with Crippen molar-refractivity contribution < 1.29 is 9.47 Å². The molecular weight excluding hydrogens is 463 g/mol. The molecule has 186 valence electrons. The Hall–Kier alpha value is -3.20. The summed E-state index contributed by atoms with van der Waals surface area (Å²) in [6.07, 6.45) is 1.84. The minimum Gasteiger partial charge on any atom is -0.496 e. The average Bonchev–Trinajstić information content (AvgIpc) is 2.85. The van der Waals surface area contributed by atoms with E-state index < -0.39 is 7.92 Å². The first-order valence-corrected chi connectivity index (χ1v) is 13.6. The number of hydrogen-bond donors (Lipinski definition) is 1. The molecule has 0 aliphatic heterocycles. The predicted molar refractivity (Wildman–Crippen MR) is 152 cm³/mol. The van der Waals surface area contributed by atoms with Crippen LogP contribution in [0.15, 0.2) is 72.9 Å². The van der Waals surface area contributed by atoms with Crippen LogP contribution in [-0.2, 0) is 13.1 Å². The van der Waals surface area contributed by atoms with Crippen molar-refractivity contribution in [1.82, 2.24) is 10.3 Å². The molecule has 1 N–H and O–H groups in total. The van der Waals surface area contributed by atoms with E-state index in [9.17, 15) is 0 Å². The Kier molecular flexibility index (Phi) is 8.40. The first-order valence-electron chi connectivity index (χ1n) is 12.2. The molecule has 36 heavy (non-hydrogen) atoms. The van der Waals surface area contributed by atoms with Crippen molar-refractivity contribution in [3.63, 3.8) is 0 Å². The molecule has 0 bridgehead atoms. The van der Waals surface area contributed by atoms with Crippen molar-refractivity contribution >= 4 is 23.8 Å². The molecule has 4 rings (SSSR count). The molecular formula is C31H35N2O2P. The quantitative estimate of drug-likeness (QED) is 0.315. The molecule has 0 radical (unpaired) electrons. The van der Waals surface area contributed by atoms with E-state index in [1.807, 2.05) is 18.3 Å². The molecule has 0 atom stereocenters. The summed E-state index contributed by atoms with van der Waals surface area (Å²) in [5.41, 5.74) is 6.98. The molecule has 0 amide bonds. The molecule has 1 heterocycles. The maximum absolute atomic E-state index is 5.68. The minimum absolute atomic E-state index is 0.731. The van der Waals surface area contributed by atoms with Crippen molar-refractivity contribution in [1.29, 1.82) is 0 Å². The van der Waals surface area contributed by atoms with Crippen LogP contribution in [-0.4, -0.2) is 19.2 Å². The van der Waals surface area contributed by atoms with Crippen LogP contribution in [0.2, 0.25) is 0 Å². The highest BCUT2D eigenvalue weighted by atomic mass is 31.1. The van der Waals surface area contributed by atoms with Crippen molar-refractivity contribution in [3.05, 3.63) is 106 Å². The Balaban J connectivity index is 1.80. The summed E-state index contributed by atoms with van der Waals surface area (Å²) in [4.78, 5) is 4.45. The van der Waals surface area contributed by atoms with Gasteiger partial charge in [0.1, 0.15) is 11.5 Å². The van der Waals surface area contributed by atoms with E-state index in [2.05, 4.69) is 92.6 Å². The SMILES string of the molecule is COc1c(C)cc(P(c2cc(C)c(OC)c(C)c2)c2ccccc2CNCc2ccccn2)cc1C. The summed E-state index contributed by atoms with van der Waals surface area (Å²) in [5, 5.41) is 7.60. The van der Waals surface area contributed by atoms with E-state index in [-0.39, 0.29) is 0 Å². The molecule has 0 saturated heterocycles. The molecule has 0 spiro atoms. The van der Waals surface area contributed by atoms with Crippen LogP contribution in [0.5, 0.6) is 11.5 Å². The van der Waals surface area contributed by atoms with Gasteiger partial charge >= 0.3 is 0 Å². The summed E-state index contributed by atoms with van der Waals surface area (Å²) in [6, 6.07) is 24.0. The van der Waals surface area contributed by atoms with E-state index in [1.54, 1.807) is 14.2 Å². The fourth-order valence-electron chi connectivity index (χ4n) is 4.89. The lowest BCUT2D eigenvalue weighted by molar-refractivity contribution is 0.408. The van der Waals surface area contributed by atoms with E-state index >= 15 is 0 Å². The van der Waals surface area contributed by atoms with Crippen LogP contribution < -0.4 is 30.7 Å². The minimum atomic E-state index is -0.804. The van der Waals surface area contributed by atoms with Crippen molar-refractivity contribution in [2.75, 3.05) is 14.2 Å². The molecule has 4 nitrogen and oxygen atoms in total. The molecule has 0 fully saturated rings. The Morgan fingerprint density at radius 3 is 1.72 bits per heavy atom. The highest BCUT2D eigenvalue weighted by molar-refractivity contribution is 7.80. The summed E-state index contributed by atoms with van der Waals surface area (Å²) in [7, 11) is 2.69. The van der Waals surface area contributed by atoms with Gasteiger partial charge in [0.2, 0.25) is 0 Å². The number of pyridine rings is 1. The highest BCUT2D eigenvalue weighted by Crippen LogP contribution is 2.38.